The first kappa shape index (κ1) is 4.94. The van der Waals surface area contributed by atoms with Crippen molar-refractivity contribution >= 4 is 11.6 Å². The molecular formula is C4H5ClO2. The van der Waals surface area contributed by atoms with E-state index in [0.717, 1.165) is 0 Å². The fraction of sp³-hybridized carbons (Fsp3) is 0.500. The minimum absolute atomic E-state index is 0.237. The van der Waals surface area contributed by atoms with Gasteiger partial charge in [-0.2, -0.15) is 0 Å². The molecule has 0 aliphatic carbocycles. The molecule has 0 bridgehead atoms. The van der Waals surface area contributed by atoms with E-state index < -0.39 is 0 Å². The van der Waals surface area contributed by atoms with Gasteiger partial charge >= 0.3 is 0 Å². The third kappa shape index (κ3) is 1.08. The van der Waals surface area contributed by atoms with Crippen molar-refractivity contribution in [3.63, 3.8) is 0 Å². The average Bonchev–Trinajstić information content (AvgIpc) is 2.22. The lowest BCUT2D eigenvalue weighted by Gasteiger charge is -1.85. The third-order valence-electron chi connectivity index (χ3n) is 0.632. The van der Waals surface area contributed by atoms with Gasteiger partial charge in [-0.05, 0) is 0 Å². The molecule has 2 nitrogen and oxygen atoms in total. The number of alkyl halides is 1. The van der Waals surface area contributed by atoms with E-state index in [2.05, 4.69) is 16.1 Å². The molecular weight excluding hydrogens is 115 g/mol. The predicted molar refractivity (Wildman–Crippen MR) is 25.8 cm³/mol. The third-order valence-corrected chi connectivity index (χ3v) is 0.940. The summed E-state index contributed by atoms with van der Waals surface area (Å²) in [6, 6.07) is 0. The summed E-state index contributed by atoms with van der Waals surface area (Å²) in [5.74, 6) is 0. The van der Waals surface area contributed by atoms with Gasteiger partial charge in [-0.3, -0.25) is 0 Å². The maximum absolute atomic E-state index is 5.34. The van der Waals surface area contributed by atoms with Crippen molar-refractivity contribution in [2.75, 3.05) is 0 Å². The van der Waals surface area contributed by atoms with E-state index in [1.165, 1.54) is 6.26 Å². The Balaban J connectivity index is 2.08. The molecule has 0 saturated carbocycles. The van der Waals surface area contributed by atoms with Crippen LogP contribution < -0.4 is 0 Å². The molecule has 1 heterocycles. The summed E-state index contributed by atoms with van der Waals surface area (Å²) >= 11 is 5.34. The summed E-state index contributed by atoms with van der Waals surface area (Å²) in [5.41, 5.74) is -0.252. The number of epoxide rings is 1. The number of halogens is 1. The van der Waals surface area contributed by atoms with Crippen molar-refractivity contribution in [1.29, 1.82) is 0 Å². The molecule has 2 atom stereocenters. The maximum atomic E-state index is 5.34. The van der Waals surface area contributed by atoms with Gasteiger partial charge in [-0.15, -0.1) is 0 Å². The van der Waals surface area contributed by atoms with Gasteiger partial charge < -0.3 is 9.47 Å². The first-order chi connectivity index (χ1) is 3.34. The lowest BCUT2D eigenvalue weighted by atomic mass is 10.9. The molecule has 0 aromatic heterocycles. The Morgan fingerprint density at radius 2 is 2.43 bits per heavy atom. The summed E-state index contributed by atoms with van der Waals surface area (Å²) in [4.78, 5) is 0. The van der Waals surface area contributed by atoms with Gasteiger partial charge in [0.1, 0.15) is 0 Å². The first-order valence-corrected chi connectivity index (χ1v) is 2.34. The molecule has 7 heavy (non-hydrogen) atoms. The topological polar surface area (TPSA) is 21.8 Å². The highest BCUT2D eigenvalue weighted by Gasteiger charge is 2.38. The Kier molecular flexibility index (Phi) is 1.21. The Hall–Kier alpha value is -0.210. The second kappa shape index (κ2) is 1.72. The lowest BCUT2D eigenvalue weighted by molar-refractivity contribution is 0.132. The monoisotopic (exact) mass is 120 g/mol. The van der Waals surface area contributed by atoms with Crippen LogP contribution in [0.3, 0.4) is 0 Å². The van der Waals surface area contributed by atoms with E-state index in [1.807, 2.05) is 0 Å². The number of hydrogen-bond donors (Lipinski definition) is 0. The lowest BCUT2D eigenvalue weighted by Crippen LogP contribution is -1.86. The minimum atomic E-state index is -0.252. The van der Waals surface area contributed by atoms with Crippen LogP contribution in [0.5, 0.6) is 0 Å². The first-order valence-electron chi connectivity index (χ1n) is 1.90. The summed E-state index contributed by atoms with van der Waals surface area (Å²) < 4.78 is 9.30. The van der Waals surface area contributed by atoms with E-state index in [-0.39, 0.29) is 11.9 Å². The van der Waals surface area contributed by atoms with Gasteiger partial charge in [0.15, 0.2) is 5.56 Å². The van der Waals surface area contributed by atoms with E-state index in [4.69, 9.17) is 11.6 Å². The Morgan fingerprint density at radius 3 is 2.57 bits per heavy atom. The smallest absolute Gasteiger partial charge is 0.241 e. The molecule has 2 unspecified atom stereocenters. The molecule has 0 radical (unpaired) electrons. The highest BCUT2D eigenvalue weighted by atomic mass is 35.5. The Labute approximate surface area is 46.7 Å². The van der Waals surface area contributed by atoms with E-state index in [1.54, 1.807) is 0 Å². The molecule has 0 aromatic carbocycles. The molecule has 3 heteroatoms. The normalized spacial score (nSPS) is 37.3. The molecule has 0 spiro atoms. The van der Waals surface area contributed by atoms with Gasteiger partial charge in [-0.25, -0.2) is 0 Å². The fourth-order valence-corrected chi connectivity index (χ4v) is 0.432. The fourth-order valence-electron chi connectivity index (χ4n) is 0.271. The highest BCUT2D eigenvalue weighted by Crippen LogP contribution is 2.26. The zero-order valence-corrected chi connectivity index (χ0v) is 4.39. The van der Waals surface area contributed by atoms with Crippen LogP contribution in [-0.4, -0.2) is 11.9 Å². The van der Waals surface area contributed by atoms with E-state index >= 15 is 0 Å². The van der Waals surface area contributed by atoms with Gasteiger partial charge in [0, 0.05) is 0 Å². The second-order valence-corrected chi connectivity index (χ2v) is 1.59. The number of ether oxygens (including phenoxy) is 2. The molecule has 1 aliphatic rings. The standard InChI is InChI=1S/C4H5ClO2/c1-2-6-4-3(5)7-4/h2-4H,1H2. The van der Waals surface area contributed by atoms with Crippen molar-refractivity contribution in [2.24, 2.45) is 0 Å². The largest absolute Gasteiger partial charge is 0.469 e. The summed E-state index contributed by atoms with van der Waals surface area (Å²) in [6.45, 7) is 3.31. The van der Waals surface area contributed by atoms with Gasteiger partial charge in [0.2, 0.25) is 6.29 Å². The van der Waals surface area contributed by atoms with Gasteiger partial charge in [-0.1, -0.05) is 18.2 Å². The van der Waals surface area contributed by atoms with Gasteiger partial charge in [0.05, 0.1) is 6.26 Å². The molecule has 1 saturated heterocycles. The van der Waals surface area contributed by atoms with Crippen LogP contribution >= 0.6 is 11.6 Å². The van der Waals surface area contributed by atoms with Crippen molar-refractivity contribution < 1.29 is 9.47 Å². The van der Waals surface area contributed by atoms with Crippen molar-refractivity contribution in [3.8, 4) is 0 Å². The summed E-state index contributed by atoms with van der Waals surface area (Å²) in [6.07, 6.45) is 1.08. The van der Waals surface area contributed by atoms with Crippen molar-refractivity contribution in [2.45, 2.75) is 11.9 Å². The summed E-state index contributed by atoms with van der Waals surface area (Å²) in [7, 11) is 0. The summed E-state index contributed by atoms with van der Waals surface area (Å²) in [5, 5.41) is 0. The molecule has 0 aromatic rings. The zero-order valence-electron chi connectivity index (χ0n) is 3.63. The highest BCUT2D eigenvalue weighted by molar-refractivity contribution is 6.21. The van der Waals surface area contributed by atoms with Crippen LogP contribution in [-0.2, 0) is 9.47 Å². The molecule has 1 aliphatic heterocycles. The molecule has 0 amide bonds. The van der Waals surface area contributed by atoms with Crippen LogP contribution in [0.1, 0.15) is 0 Å². The molecule has 1 fully saturated rings. The van der Waals surface area contributed by atoms with Crippen LogP contribution in [0.15, 0.2) is 12.8 Å². The molecule has 0 N–H and O–H groups in total. The van der Waals surface area contributed by atoms with Crippen LogP contribution in [0.4, 0.5) is 0 Å². The van der Waals surface area contributed by atoms with Crippen LogP contribution in [0, 0.1) is 0 Å². The van der Waals surface area contributed by atoms with E-state index in [0.29, 0.717) is 0 Å². The molecule has 40 valence electrons. The average molecular weight is 121 g/mol. The molecule has 1 rings (SSSR count). The number of rotatable bonds is 2. The Bertz CT molecular complexity index is 83.8. The predicted octanol–water partition coefficient (Wildman–Crippen LogP) is 1.07. The number of hydrogen-bond acceptors (Lipinski definition) is 2. The van der Waals surface area contributed by atoms with Crippen molar-refractivity contribution in [1.82, 2.24) is 0 Å². The maximum Gasteiger partial charge on any atom is 0.241 e. The van der Waals surface area contributed by atoms with Crippen LogP contribution in [0.25, 0.3) is 0 Å². The quantitative estimate of drug-likeness (QED) is 0.309. The minimum Gasteiger partial charge on any atom is -0.469 e. The van der Waals surface area contributed by atoms with Crippen molar-refractivity contribution in [3.05, 3.63) is 12.8 Å². The van der Waals surface area contributed by atoms with Crippen LogP contribution in [0.2, 0.25) is 0 Å². The Morgan fingerprint density at radius 1 is 1.86 bits per heavy atom. The van der Waals surface area contributed by atoms with E-state index in [9.17, 15) is 0 Å². The second-order valence-electron chi connectivity index (χ2n) is 1.16. The SMILES string of the molecule is C=COC1OC1Cl. The zero-order chi connectivity index (χ0) is 5.28. The van der Waals surface area contributed by atoms with Gasteiger partial charge in [0.25, 0.3) is 0 Å².